The number of aryl methyl sites for hydroxylation is 1. The van der Waals surface area contributed by atoms with E-state index in [1.165, 1.54) is 5.56 Å². The molecule has 0 amide bonds. The van der Waals surface area contributed by atoms with Gasteiger partial charge in [-0.1, -0.05) is 23.7 Å². The van der Waals surface area contributed by atoms with Gasteiger partial charge >= 0.3 is 0 Å². The van der Waals surface area contributed by atoms with Crippen LogP contribution in [0.15, 0.2) is 42.5 Å². The number of nitrogens with zero attached hydrogens (tertiary/aromatic N) is 1. The molecule has 2 aromatic rings. The Hall–Kier alpha value is -2.00. The molecule has 0 unspecified atom stereocenters. The first-order valence-corrected chi connectivity index (χ1v) is 6.31. The number of anilines is 2. The Labute approximate surface area is 118 Å². The van der Waals surface area contributed by atoms with Gasteiger partial charge in [0.05, 0.1) is 5.02 Å². The maximum absolute atomic E-state index is 7.43. The number of nitrogen functional groups attached to an aromatic ring is 1. The van der Waals surface area contributed by atoms with Crippen molar-refractivity contribution in [2.45, 2.75) is 6.92 Å². The lowest BCUT2D eigenvalue weighted by Crippen LogP contribution is -2.13. The van der Waals surface area contributed by atoms with Gasteiger partial charge in [0, 0.05) is 24.0 Å². The largest absolute Gasteiger partial charge is 0.384 e. The molecule has 3 N–H and O–H groups in total. The lowest BCUT2D eigenvalue weighted by atomic mass is 10.1. The summed E-state index contributed by atoms with van der Waals surface area (Å²) < 4.78 is 0. The van der Waals surface area contributed by atoms with Gasteiger partial charge in [-0.15, -0.1) is 0 Å². The number of hydrogen-bond donors (Lipinski definition) is 2. The molecule has 0 atom stereocenters. The molecule has 0 aromatic heterocycles. The molecular weight excluding hydrogens is 258 g/mol. The molecular formula is C15H16ClN3. The third-order valence-corrected chi connectivity index (χ3v) is 3.33. The molecule has 0 fully saturated rings. The molecule has 0 radical (unpaired) electrons. The smallest absolute Gasteiger partial charge is 0.124 e. The molecule has 0 aliphatic rings. The minimum absolute atomic E-state index is 0.0187. The minimum atomic E-state index is -0.0187. The fourth-order valence-corrected chi connectivity index (χ4v) is 2.19. The summed E-state index contributed by atoms with van der Waals surface area (Å²) in [5.41, 5.74) is 9.27. The van der Waals surface area contributed by atoms with Crippen molar-refractivity contribution in [1.82, 2.24) is 0 Å². The van der Waals surface area contributed by atoms with Crippen molar-refractivity contribution in [1.29, 1.82) is 5.41 Å². The highest BCUT2D eigenvalue weighted by Crippen LogP contribution is 2.28. The standard InChI is InChI=1S/C15H16ClN3/c1-10-4-3-5-11(8-10)19(2)12-6-7-13(15(17)18)14(16)9-12/h3-9H,1-2H3,(H3,17,18). The summed E-state index contributed by atoms with van der Waals surface area (Å²) in [5.74, 6) is -0.0187. The van der Waals surface area contributed by atoms with E-state index in [0.717, 1.165) is 11.4 Å². The number of nitrogens with two attached hydrogens (primary N) is 1. The average Bonchev–Trinajstić information content (AvgIpc) is 2.37. The summed E-state index contributed by atoms with van der Waals surface area (Å²) in [6.07, 6.45) is 0. The van der Waals surface area contributed by atoms with E-state index in [1.807, 2.05) is 36.2 Å². The van der Waals surface area contributed by atoms with Gasteiger partial charge in [-0.25, -0.2) is 0 Å². The zero-order chi connectivity index (χ0) is 14.0. The summed E-state index contributed by atoms with van der Waals surface area (Å²) in [6.45, 7) is 2.06. The first-order chi connectivity index (χ1) is 8.99. The van der Waals surface area contributed by atoms with E-state index in [4.69, 9.17) is 22.7 Å². The van der Waals surface area contributed by atoms with Crippen LogP contribution in [-0.4, -0.2) is 12.9 Å². The minimum Gasteiger partial charge on any atom is -0.384 e. The average molecular weight is 274 g/mol. The van der Waals surface area contributed by atoms with Crippen molar-refractivity contribution in [2.24, 2.45) is 5.73 Å². The molecule has 98 valence electrons. The predicted octanol–water partition coefficient (Wildman–Crippen LogP) is 3.70. The lowest BCUT2D eigenvalue weighted by Gasteiger charge is -2.20. The summed E-state index contributed by atoms with van der Waals surface area (Å²) in [7, 11) is 1.98. The Morgan fingerprint density at radius 2 is 1.84 bits per heavy atom. The van der Waals surface area contributed by atoms with Crippen LogP contribution in [0.4, 0.5) is 11.4 Å². The Kier molecular flexibility index (Phi) is 3.76. The molecule has 0 saturated heterocycles. The predicted molar refractivity (Wildman–Crippen MR) is 81.7 cm³/mol. The van der Waals surface area contributed by atoms with Crippen molar-refractivity contribution >= 4 is 28.8 Å². The van der Waals surface area contributed by atoms with Gasteiger partial charge in [-0.05, 0) is 42.8 Å². The van der Waals surface area contributed by atoms with Crippen LogP contribution in [0.25, 0.3) is 0 Å². The highest BCUT2D eigenvalue weighted by atomic mass is 35.5. The molecule has 0 aliphatic carbocycles. The molecule has 0 heterocycles. The zero-order valence-electron chi connectivity index (χ0n) is 10.9. The Balaban J connectivity index is 2.37. The molecule has 0 bridgehead atoms. The Morgan fingerprint density at radius 3 is 2.42 bits per heavy atom. The van der Waals surface area contributed by atoms with Crippen LogP contribution in [0.2, 0.25) is 5.02 Å². The fourth-order valence-electron chi connectivity index (χ4n) is 1.92. The first-order valence-electron chi connectivity index (χ1n) is 5.93. The number of halogens is 1. The molecule has 2 rings (SSSR count). The van der Waals surface area contributed by atoms with Crippen LogP contribution in [0.1, 0.15) is 11.1 Å². The number of nitrogens with one attached hydrogen (secondary N) is 1. The molecule has 19 heavy (non-hydrogen) atoms. The quantitative estimate of drug-likeness (QED) is 0.662. The summed E-state index contributed by atoms with van der Waals surface area (Å²) in [4.78, 5) is 2.04. The summed E-state index contributed by atoms with van der Waals surface area (Å²) >= 11 is 6.14. The Bertz CT molecular complexity index is 623. The molecule has 0 saturated carbocycles. The number of benzene rings is 2. The lowest BCUT2D eigenvalue weighted by molar-refractivity contribution is 1.20. The van der Waals surface area contributed by atoms with Gasteiger partial charge < -0.3 is 10.6 Å². The van der Waals surface area contributed by atoms with Crippen LogP contribution < -0.4 is 10.6 Å². The van der Waals surface area contributed by atoms with Crippen LogP contribution in [0, 0.1) is 12.3 Å². The molecule has 0 aliphatic heterocycles. The monoisotopic (exact) mass is 273 g/mol. The van der Waals surface area contributed by atoms with Crippen LogP contribution >= 0.6 is 11.6 Å². The van der Waals surface area contributed by atoms with E-state index < -0.39 is 0 Å². The van der Waals surface area contributed by atoms with Gasteiger partial charge in [0.25, 0.3) is 0 Å². The van der Waals surface area contributed by atoms with Gasteiger partial charge in [0.15, 0.2) is 0 Å². The summed E-state index contributed by atoms with van der Waals surface area (Å²) in [6, 6.07) is 13.7. The number of hydrogen-bond acceptors (Lipinski definition) is 2. The van der Waals surface area contributed by atoms with Gasteiger partial charge in [0.2, 0.25) is 0 Å². The maximum Gasteiger partial charge on any atom is 0.124 e. The van der Waals surface area contributed by atoms with E-state index in [1.54, 1.807) is 6.07 Å². The number of amidine groups is 1. The molecule has 4 heteroatoms. The van der Waals surface area contributed by atoms with E-state index >= 15 is 0 Å². The van der Waals surface area contributed by atoms with Crippen LogP contribution in [0.3, 0.4) is 0 Å². The highest BCUT2D eigenvalue weighted by molar-refractivity contribution is 6.34. The summed E-state index contributed by atoms with van der Waals surface area (Å²) in [5, 5.41) is 7.92. The van der Waals surface area contributed by atoms with Crippen LogP contribution in [0.5, 0.6) is 0 Å². The Morgan fingerprint density at radius 1 is 1.16 bits per heavy atom. The normalized spacial score (nSPS) is 10.3. The van der Waals surface area contributed by atoms with Crippen molar-refractivity contribution in [3.05, 3.63) is 58.6 Å². The second-order valence-corrected chi connectivity index (χ2v) is 4.88. The third kappa shape index (κ3) is 2.88. The molecule has 3 nitrogen and oxygen atoms in total. The number of rotatable bonds is 3. The van der Waals surface area contributed by atoms with Crippen molar-refractivity contribution in [3.63, 3.8) is 0 Å². The maximum atomic E-state index is 7.43. The molecule has 0 spiro atoms. The van der Waals surface area contributed by atoms with E-state index in [0.29, 0.717) is 10.6 Å². The van der Waals surface area contributed by atoms with E-state index in [9.17, 15) is 0 Å². The highest BCUT2D eigenvalue weighted by Gasteiger charge is 2.08. The van der Waals surface area contributed by atoms with Gasteiger partial charge in [-0.3, -0.25) is 5.41 Å². The second-order valence-electron chi connectivity index (χ2n) is 4.48. The second kappa shape index (κ2) is 5.33. The zero-order valence-corrected chi connectivity index (χ0v) is 11.7. The van der Waals surface area contributed by atoms with Crippen molar-refractivity contribution in [2.75, 3.05) is 11.9 Å². The first kappa shape index (κ1) is 13.4. The van der Waals surface area contributed by atoms with Gasteiger partial charge in [-0.2, -0.15) is 0 Å². The van der Waals surface area contributed by atoms with Crippen molar-refractivity contribution < 1.29 is 0 Å². The SMILES string of the molecule is Cc1cccc(N(C)c2ccc(C(=N)N)c(Cl)c2)c1. The van der Waals surface area contributed by atoms with Gasteiger partial charge in [0.1, 0.15) is 5.84 Å². The topological polar surface area (TPSA) is 53.1 Å². The van der Waals surface area contributed by atoms with E-state index in [2.05, 4.69) is 19.1 Å². The third-order valence-electron chi connectivity index (χ3n) is 3.02. The van der Waals surface area contributed by atoms with Crippen LogP contribution in [-0.2, 0) is 0 Å². The van der Waals surface area contributed by atoms with E-state index in [-0.39, 0.29) is 5.84 Å². The fraction of sp³-hybridized carbons (Fsp3) is 0.133. The molecule has 2 aromatic carbocycles. The van der Waals surface area contributed by atoms with Crippen molar-refractivity contribution in [3.8, 4) is 0 Å².